The van der Waals surface area contributed by atoms with Gasteiger partial charge in [-0.15, -0.1) is 0 Å². The molecular formula is C16H26Cl2N2O. The first-order valence-electron chi connectivity index (χ1n) is 7.44. The molecule has 0 amide bonds. The van der Waals surface area contributed by atoms with Gasteiger partial charge in [-0.25, -0.2) is 0 Å². The molecule has 1 atom stereocenters. The first-order valence-corrected chi connectivity index (χ1v) is 8.20. The largest absolute Gasteiger partial charge is 0.385 e. The molecule has 0 aliphatic heterocycles. The molecule has 1 N–H and O–H groups in total. The first-order chi connectivity index (χ1) is 10.1. The van der Waals surface area contributed by atoms with E-state index in [0.717, 1.165) is 44.6 Å². The highest BCUT2D eigenvalue weighted by atomic mass is 35.5. The van der Waals surface area contributed by atoms with E-state index in [9.17, 15) is 0 Å². The molecule has 5 heteroatoms. The maximum absolute atomic E-state index is 6.34. The number of methoxy groups -OCH3 is 1. The molecule has 1 aromatic rings. The number of nitrogens with one attached hydrogen (secondary N) is 1. The molecule has 0 saturated carbocycles. The molecule has 0 aliphatic carbocycles. The fraction of sp³-hybridized carbons (Fsp3) is 0.625. The second-order valence-electron chi connectivity index (χ2n) is 5.19. The lowest BCUT2D eigenvalue weighted by Gasteiger charge is -2.23. The van der Waals surface area contributed by atoms with Crippen molar-refractivity contribution in [1.29, 1.82) is 0 Å². The molecule has 3 nitrogen and oxygen atoms in total. The van der Waals surface area contributed by atoms with Crippen LogP contribution in [0.25, 0.3) is 0 Å². The van der Waals surface area contributed by atoms with Gasteiger partial charge >= 0.3 is 0 Å². The van der Waals surface area contributed by atoms with Crippen molar-refractivity contribution in [2.75, 3.05) is 40.4 Å². The minimum Gasteiger partial charge on any atom is -0.385 e. The summed E-state index contributed by atoms with van der Waals surface area (Å²) in [6.45, 7) is 5.86. The minimum atomic E-state index is 0.228. The SMILES string of the molecule is CCNC(CCN(C)CCCOC)c1cccc(Cl)c1Cl. The van der Waals surface area contributed by atoms with Gasteiger partial charge < -0.3 is 15.0 Å². The van der Waals surface area contributed by atoms with E-state index in [1.165, 1.54) is 0 Å². The van der Waals surface area contributed by atoms with E-state index in [0.29, 0.717) is 10.0 Å². The lowest BCUT2D eigenvalue weighted by atomic mass is 10.0. The summed E-state index contributed by atoms with van der Waals surface area (Å²) in [6.07, 6.45) is 2.05. The van der Waals surface area contributed by atoms with Crippen molar-refractivity contribution in [3.05, 3.63) is 33.8 Å². The zero-order valence-corrected chi connectivity index (χ0v) is 14.7. The predicted molar refractivity (Wildman–Crippen MR) is 91.5 cm³/mol. The van der Waals surface area contributed by atoms with Crippen LogP contribution in [0.1, 0.15) is 31.4 Å². The minimum absolute atomic E-state index is 0.228. The van der Waals surface area contributed by atoms with Crippen LogP contribution in [0.4, 0.5) is 0 Å². The highest BCUT2D eigenvalue weighted by Crippen LogP contribution is 2.31. The van der Waals surface area contributed by atoms with Gasteiger partial charge in [0, 0.05) is 26.3 Å². The standard InChI is InChI=1S/C16H26Cl2N2O/c1-4-19-15(9-11-20(2)10-6-12-21-3)13-7-5-8-14(17)16(13)18/h5,7-8,15,19H,4,6,9-12H2,1-3H3. The van der Waals surface area contributed by atoms with Crippen molar-refractivity contribution in [2.45, 2.75) is 25.8 Å². The van der Waals surface area contributed by atoms with Crippen LogP contribution in [0.3, 0.4) is 0 Å². The van der Waals surface area contributed by atoms with Crippen LogP contribution in [0.5, 0.6) is 0 Å². The Bertz CT molecular complexity index is 415. The molecule has 0 saturated heterocycles. The number of hydrogen-bond acceptors (Lipinski definition) is 3. The summed E-state index contributed by atoms with van der Waals surface area (Å²) in [5, 5.41) is 4.77. The summed E-state index contributed by atoms with van der Waals surface area (Å²) < 4.78 is 5.08. The molecule has 0 radical (unpaired) electrons. The number of hydrogen-bond donors (Lipinski definition) is 1. The predicted octanol–water partition coefficient (Wildman–Crippen LogP) is 4.00. The number of nitrogens with zero attached hydrogens (tertiary/aromatic N) is 1. The lowest BCUT2D eigenvalue weighted by molar-refractivity contribution is 0.178. The average Bonchev–Trinajstić information content (AvgIpc) is 2.47. The zero-order chi connectivity index (χ0) is 15.7. The highest BCUT2D eigenvalue weighted by molar-refractivity contribution is 6.42. The first kappa shape index (κ1) is 18.7. The summed E-state index contributed by atoms with van der Waals surface area (Å²) in [7, 11) is 3.88. The van der Waals surface area contributed by atoms with Crippen LogP contribution in [0.15, 0.2) is 18.2 Å². The summed E-state index contributed by atoms with van der Waals surface area (Å²) in [4.78, 5) is 2.32. The molecule has 0 fully saturated rings. The Morgan fingerprint density at radius 3 is 2.71 bits per heavy atom. The Hall–Kier alpha value is -0.320. The second kappa shape index (κ2) is 10.4. The van der Waals surface area contributed by atoms with E-state index < -0.39 is 0 Å². The smallest absolute Gasteiger partial charge is 0.0640 e. The molecule has 21 heavy (non-hydrogen) atoms. The molecule has 120 valence electrons. The van der Waals surface area contributed by atoms with Crippen molar-refractivity contribution in [3.8, 4) is 0 Å². The summed E-state index contributed by atoms with van der Waals surface area (Å²) in [5.41, 5.74) is 1.08. The molecule has 1 unspecified atom stereocenters. The third kappa shape index (κ3) is 6.54. The summed E-state index contributed by atoms with van der Waals surface area (Å²) >= 11 is 12.5. The van der Waals surface area contributed by atoms with Crippen LogP contribution < -0.4 is 5.32 Å². The van der Waals surface area contributed by atoms with Crippen molar-refractivity contribution in [2.24, 2.45) is 0 Å². The number of halogens is 2. The van der Waals surface area contributed by atoms with Gasteiger partial charge in [0.25, 0.3) is 0 Å². The van der Waals surface area contributed by atoms with Gasteiger partial charge in [0.05, 0.1) is 10.0 Å². The molecule has 1 aromatic carbocycles. The van der Waals surface area contributed by atoms with E-state index in [-0.39, 0.29) is 6.04 Å². The maximum Gasteiger partial charge on any atom is 0.0640 e. The van der Waals surface area contributed by atoms with E-state index in [2.05, 4.69) is 24.2 Å². The maximum atomic E-state index is 6.34. The van der Waals surface area contributed by atoms with E-state index in [1.54, 1.807) is 7.11 Å². The van der Waals surface area contributed by atoms with Crippen LogP contribution in [0.2, 0.25) is 10.0 Å². The van der Waals surface area contributed by atoms with Gasteiger partial charge in [-0.05, 0) is 44.6 Å². The normalized spacial score (nSPS) is 12.9. The van der Waals surface area contributed by atoms with Gasteiger partial charge in [0.2, 0.25) is 0 Å². The molecule has 0 aromatic heterocycles. The number of rotatable bonds is 10. The molecule has 0 heterocycles. The number of benzene rings is 1. The van der Waals surface area contributed by atoms with Crippen molar-refractivity contribution in [3.63, 3.8) is 0 Å². The van der Waals surface area contributed by atoms with Crippen molar-refractivity contribution in [1.82, 2.24) is 10.2 Å². The Morgan fingerprint density at radius 1 is 1.29 bits per heavy atom. The molecule has 0 bridgehead atoms. The Kier molecular flexibility index (Phi) is 9.29. The molecule has 1 rings (SSSR count). The molecule has 0 aliphatic rings. The molecular weight excluding hydrogens is 307 g/mol. The van der Waals surface area contributed by atoms with E-state index in [4.69, 9.17) is 27.9 Å². The third-order valence-electron chi connectivity index (χ3n) is 3.50. The van der Waals surface area contributed by atoms with Gasteiger partial charge in [0.1, 0.15) is 0 Å². The monoisotopic (exact) mass is 332 g/mol. The van der Waals surface area contributed by atoms with Crippen LogP contribution in [-0.2, 0) is 4.74 Å². The Balaban J connectivity index is 2.59. The fourth-order valence-corrected chi connectivity index (χ4v) is 2.78. The molecule has 0 spiro atoms. The highest BCUT2D eigenvalue weighted by Gasteiger charge is 2.16. The average molecular weight is 333 g/mol. The second-order valence-corrected chi connectivity index (χ2v) is 5.98. The quantitative estimate of drug-likeness (QED) is 0.655. The Morgan fingerprint density at radius 2 is 2.05 bits per heavy atom. The van der Waals surface area contributed by atoms with Crippen molar-refractivity contribution >= 4 is 23.2 Å². The third-order valence-corrected chi connectivity index (χ3v) is 4.33. The summed E-state index contributed by atoms with van der Waals surface area (Å²) in [5.74, 6) is 0. The topological polar surface area (TPSA) is 24.5 Å². The van der Waals surface area contributed by atoms with Crippen LogP contribution in [-0.4, -0.2) is 45.3 Å². The van der Waals surface area contributed by atoms with Gasteiger partial charge in [-0.2, -0.15) is 0 Å². The van der Waals surface area contributed by atoms with E-state index >= 15 is 0 Å². The van der Waals surface area contributed by atoms with Crippen molar-refractivity contribution < 1.29 is 4.74 Å². The Labute approximate surface area is 138 Å². The van der Waals surface area contributed by atoms with Crippen LogP contribution in [0, 0.1) is 0 Å². The van der Waals surface area contributed by atoms with E-state index in [1.807, 2.05) is 18.2 Å². The number of ether oxygens (including phenoxy) is 1. The van der Waals surface area contributed by atoms with Crippen LogP contribution >= 0.6 is 23.2 Å². The zero-order valence-electron chi connectivity index (χ0n) is 13.2. The summed E-state index contributed by atoms with van der Waals surface area (Å²) in [6, 6.07) is 6.06. The van der Waals surface area contributed by atoms with Gasteiger partial charge in [0.15, 0.2) is 0 Å². The van der Waals surface area contributed by atoms with Gasteiger partial charge in [-0.3, -0.25) is 0 Å². The lowest BCUT2D eigenvalue weighted by Crippen LogP contribution is -2.28. The van der Waals surface area contributed by atoms with Gasteiger partial charge in [-0.1, -0.05) is 42.3 Å². The fourth-order valence-electron chi connectivity index (χ4n) is 2.34.